The highest BCUT2D eigenvalue weighted by molar-refractivity contribution is 5.83. The minimum Gasteiger partial charge on any atom is -0.345 e. The van der Waals surface area contributed by atoms with E-state index in [4.69, 9.17) is 4.98 Å². The molecule has 152 valence electrons. The topological polar surface area (TPSA) is 24.3 Å². The summed E-state index contributed by atoms with van der Waals surface area (Å²) in [5, 5.41) is 0. The zero-order chi connectivity index (χ0) is 21.2. The Morgan fingerprint density at radius 2 is 1.16 bits per heavy atom. The zero-order valence-corrected chi connectivity index (χ0v) is 17.7. The molecular weight excluding hydrogens is 380 g/mol. The van der Waals surface area contributed by atoms with Crippen LogP contribution in [0.2, 0.25) is 0 Å². The molecule has 4 heteroatoms. The van der Waals surface area contributed by atoms with E-state index in [1.165, 1.54) is 0 Å². The number of hydrogen-bond donors (Lipinski definition) is 0. The molecule has 0 spiro atoms. The number of anilines is 4. The van der Waals surface area contributed by atoms with Crippen molar-refractivity contribution in [1.29, 1.82) is 0 Å². The molecule has 31 heavy (non-hydrogen) atoms. The number of aromatic nitrogens is 2. The van der Waals surface area contributed by atoms with Gasteiger partial charge in [0.15, 0.2) is 0 Å². The molecule has 5 aromatic rings. The molecule has 0 amide bonds. The van der Waals surface area contributed by atoms with Crippen LogP contribution in [0.4, 0.5) is 23.0 Å². The van der Waals surface area contributed by atoms with Gasteiger partial charge in [-0.25, -0.2) is 4.98 Å². The summed E-state index contributed by atoms with van der Waals surface area (Å²) in [5.41, 5.74) is 6.51. The fraction of sp³-hybridized carbons (Fsp3) is 0.0741. The van der Waals surface area contributed by atoms with Crippen molar-refractivity contribution < 1.29 is 0 Å². The lowest BCUT2D eigenvalue weighted by Crippen LogP contribution is -2.16. The van der Waals surface area contributed by atoms with Crippen LogP contribution >= 0.6 is 0 Å². The Hall–Kier alpha value is -4.05. The van der Waals surface area contributed by atoms with Gasteiger partial charge in [-0.05, 0) is 54.6 Å². The van der Waals surface area contributed by atoms with Gasteiger partial charge in [-0.1, -0.05) is 54.6 Å². The minimum atomic E-state index is 0.881. The summed E-state index contributed by atoms with van der Waals surface area (Å²) in [6.45, 7) is 0. The second-order valence-corrected chi connectivity index (χ2v) is 7.54. The van der Waals surface area contributed by atoms with Crippen LogP contribution in [0, 0.1) is 0 Å². The normalized spacial score (nSPS) is 10.9. The summed E-state index contributed by atoms with van der Waals surface area (Å²) in [7, 11) is 4.16. The largest absolute Gasteiger partial charge is 0.345 e. The monoisotopic (exact) mass is 404 g/mol. The van der Waals surface area contributed by atoms with E-state index in [0.29, 0.717) is 0 Å². The molecule has 0 fully saturated rings. The Kier molecular flexibility index (Phi) is 4.89. The van der Waals surface area contributed by atoms with Gasteiger partial charge in [0, 0.05) is 36.8 Å². The summed E-state index contributed by atoms with van der Waals surface area (Å²) in [6.07, 6.45) is 0. The Bertz CT molecular complexity index is 1310. The molecule has 5 rings (SSSR count). The van der Waals surface area contributed by atoms with Crippen LogP contribution in [0.1, 0.15) is 0 Å². The first-order valence-corrected chi connectivity index (χ1v) is 10.4. The fourth-order valence-electron chi connectivity index (χ4n) is 3.90. The second kappa shape index (κ2) is 8.00. The predicted molar refractivity (Wildman–Crippen MR) is 130 cm³/mol. The Labute approximate surface area is 182 Å². The van der Waals surface area contributed by atoms with Gasteiger partial charge in [0.05, 0.1) is 11.0 Å². The fourth-order valence-corrected chi connectivity index (χ4v) is 3.90. The van der Waals surface area contributed by atoms with Gasteiger partial charge in [0.2, 0.25) is 5.95 Å². The van der Waals surface area contributed by atoms with E-state index >= 15 is 0 Å². The average molecular weight is 405 g/mol. The number of para-hydroxylation sites is 4. The molecule has 0 bridgehead atoms. The predicted octanol–water partition coefficient (Wildman–Crippen LogP) is 6.56. The van der Waals surface area contributed by atoms with Crippen molar-refractivity contribution in [3.05, 3.63) is 109 Å². The quantitative estimate of drug-likeness (QED) is 0.331. The van der Waals surface area contributed by atoms with Gasteiger partial charge in [-0.3, -0.25) is 4.57 Å². The van der Waals surface area contributed by atoms with Crippen LogP contribution in [0.15, 0.2) is 109 Å². The lowest BCUT2D eigenvalue weighted by atomic mass is 10.2. The van der Waals surface area contributed by atoms with Crippen molar-refractivity contribution >= 4 is 34.0 Å². The second-order valence-electron chi connectivity index (χ2n) is 7.54. The molecule has 4 nitrogen and oxygen atoms in total. The first kappa shape index (κ1) is 18.9. The van der Waals surface area contributed by atoms with Crippen molar-refractivity contribution in [3.63, 3.8) is 0 Å². The first-order chi connectivity index (χ1) is 15.2. The number of benzene rings is 4. The standard InChI is InChI=1S/C27H24N4/c1-29(21-12-5-3-6-13-21)23-16-11-17-24(20-23)30(2)27-28-25-18-9-10-19-26(25)31(27)22-14-7-4-8-15-22/h3-20H,1-2H3. The molecule has 1 heterocycles. The van der Waals surface area contributed by atoms with Crippen molar-refractivity contribution in [2.45, 2.75) is 0 Å². The van der Waals surface area contributed by atoms with Crippen LogP contribution in [-0.2, 0) is 0 Å². The highest BCUT2D eigenvalue weighted by Gasteiger charge is 2.17. The molecule has 0 saturated carbocycles. The van der Waals surface area contributed by atoms with Crippen LogP contribution in [-0.4, -0.2) is 23.6 Å². The van der Waals surface area contributed by atoms with E-state index in [1.54, 1.807) is 0 Å². The lowest BCUT2D eigenvalue weighted by molar-refractivity contribution is 1.01. The smallest absolute Gasteiger partial charge is 0.215 e. The SMILES string of the molecule is CN(c1ccccc1)c1cccc(N(C)c2nc3ccccc3n2-c2ccccc2)c1. The lowest BCUT2D eigenvalue weighted by Gasteiger charge is -2.24. The van der Waals surface area contributed by atoms with Crippen molar-refractivity contribution in [3.8, 4) is 5.69 Å². The Balaban J connectivity index is 1.59. The van der Waals surface area contributed by atoms with Crippen LogP contribution < -0.4 is 9.80 Å². The van der Waals surface area contributed by atoms with E-state index < -0.39 is 0 Å². The van der Waals surface area contributed by atoms with E-state index in [-0.39, 0.29) is 0 Å². The number of fused-ring (bicyclic) bond motifs is 1. The van der Waals surface area contributed by atoms with Gasteiger partial charge < -0.3 is 9.80 Å². The summed E-state index contributed by atoms with van der Waals surface area (Å²) >= 11 is 0. The molecule has 0 N–H and O–H groups in total. The first-order valence-electron chi connectivity index (χ1n) is 10.4. The summed E-state index contributed by atoms with van der Waals surface area (Å²) in [4.78, 5) is 9.31. The average Bonchev–Trinajstić information content (AvgIpc) is 3.24. The maximum atomic E-state index is 4.97. The minimum absolute atomic E-state index is 0.881. The van der Waals surface area contributed by atoms with Gasteiger partial charge in [-0.15, -0.1) is 0 Å². The molecule has 0 unspecified atom stereocenters. The van der Waals surface area contributed by atoms with Gasteiger partial charge >= 0.3 is 0 Å². The van der Waals surface area contributed by atoms with E-state index in [2.05, 4.69) is 119 Å². The van der Waals surface area contributed by atoms with Gasteiger partial charge in [-0.2, -0.15) is 0 Å². The Morgan fingerprint density at radius 1 is 0.581 bits per heavy atom. The van der Waals surface area contributed by atoms with E-state index in [1.807, 2.05) is 18.2 Å². The molecule has 4 aromatic carbocycles. The summed E-state index contributed by atoms with van der Waals surface area (Å²) < 4.78 is 2.21. The molecule has 0 atom stereocenters. The molecule has 0 aliphatic heterocycles. The van der Waals surface area contributed by atoms with Crippen molar-refractivity contribution in [2.24, 2.45) is 0 Å². The summed E-state index contributed by atoms with van der Waals surface area (Å²) in [6, 6.07) is 37.6. The molecule has 0 saturated heterocycles. The maximum Gasteiger partial charge on any atom is 0.215 e. The number of imidazole rings is 1. The van der Waals surface area contributed by atoms with Gasteiger partial charge in [0.1, 0.15) is 0 Å². The zero-order valence-electron chi connectivity index (χ0n) is 17.7. The highest BCUT2D eigenvalue weighted by atomic mass is 15.3. The third-order valence-electron chi connectivity index (χ3n) is 5.61. The maximum absolute atomic E-state index is 4.97. The van der Waals surface area contributed by atoms with E-state index in [9.17, 15) is 0 Å². The van der Waals surface area contributed by atoms with Crippen LogP contribution in [0.3, 0.4) is 0 Å². The third-order valence-corrected chi connectivity index (χ3v) is 5.61. The van der Waals surface area contributed by atoms with Gasteiger partial charge in [0.25, 0.3) is 0 Å². The Morgan fingerprint density at radius 3 is 1.90 bits per heavy atom. The number of rotatable bonds is 5. The molecule has 0 aliphatic rings. The number of nitrogens with zero attached hydrogens (tertiary/aromatic N) is 4. The van der Waals surface area contributed by atoms with Crippen LogP contribution in [0.25, 0.3) is 16.7 Å². The van der Waals surface area contributed by atoms with Crippen LogP contribution in [0.5, 0.6) is 0 Å². The highest BCUT2D eigenvalue weighted by Crippen LogP contribution is 2.33. The van der Waals surface area contributed by atoms with E-state index in [0.717, 1.165) is 39.7 Å². The summed E-state index contributed by atoms with van der Waals surface area (Å²) in [5.74, 6) is 0.881. The molecule has 1 aromatic heterocycles. The third kappa shape index (κ3) is 3.53. The molecule has 0 radical (unpaired) electrons. The number of hydrogen-bond acceptors (Lipinski definition) is 3. The van der Waals surface area contributed by atoms with Crippen molar-refractivity contribution in [1.82, 2.24) is 9.55 Å². The van der Waals surface area contributed by atoms with Crippen molar-refractivity contribution in [2.75, 3.05) is 23.9 Å². The molecular formula is C27H24N4. The molecule has 0 aliphatic carbocycles.